The Morgan fingerprint density at radius 1 is 1.53 bits per heavy atom. The molecule has 96 valence electrons. The average Bonchev–Trinajstić information content (AvgIpc) is 2.64. The molecule has 0 saturated carbocycles. The van der Waals surface area contributed by atoms with E-state index in [0.717, 1.165) is 31.6 Å². The summed E-state index contributed by atoms with van der Waals surface area (Å²) in [5.74, 6) is 1.99. The van der Waals surface area contributed by atoms with Crippen molar-refractivity contribution in [3.05, 3.63) is 11.7 Å². The highest BCUT2D eigenvalue weighted by atomic mass is 16.5. The number of aromatic nitrogens is 2. The van der Waals surface area contributed by atoms with Crippen molar-refractivity contribution in [2.75, 3.05) is 13.1 Å². The van der Waals surface area contributed by atoms with Gasteiger partial charge in [0.05, 0.1) is 12.6 Å². The molecule has 17 heavy (non-hydrogen) atoms. The van der Waals surface area contributed by atoms with E-state index in [0.29, 0.717) is 24.9 Å². The minimum absolute atomic E-state index is 0.207. The molecular weight excluding hydrogens is 218 g/mol. The van der Waals surface area contributed by atoms with Gasteiger partial charge in [0.25, 0.3) is 0 Å². The second-order valence-corrected chi connectivity index (χ2v) is 5.23. The molecule has 0 amide bonds. The zero-order valence-corrected chi connectivity index (χ0v) is 10.6. The van der Waals surface area contributed by atoms with E-state index in [2.05, 4.69) is 28.9 Å². The molecule has 1 atom stereocenters. The normalized spacial score (nSPS) is 22.2. The quantitative estimate of drug-likeness (QED) is 0.856. The first-order valence-corrected chi connectivity index (χ1v) is 6.35. The fourth-order valence-corrected chi connectivity index (χ4v) is 2.17. The van der Waals surface area contributed by atoms with Crippen molar-refractivity contribution < 1.29 is 9.63 Å². The van der Waals surface area contributed by atoms with Crippen LogP contribution in [0, 0.1) is 5.92 Å². The SMILES string of the molecule is CC(C)Cc1noc(CN2CCC[C@H](O)C2)n1. The Morgan fingerprint density at radius 2 is 2.35 bits per heavy atom. The number of nitrogens with zero attached hydrogens (tertiary/aromatic N) is 3. The molecule has 1 fully saturated rings. The lowest BCUT2D eigenvalue weighted by atomic mass is 10.1. The van der Waals surface area contributed by atoms with Crippen LogP contribution in [0.1, 0.15) is 38.4 Å². The maximum Gasteiger partial charge on any atom is 0.240 e. The minimum atomic E-state index is -0.207. The van der Waals surface area contributed by atoms with E-state index in [4.69, 9.17) is 4.52 Å². The lowest BCUT2D eigenvalue weighted by Gasteiger charge is -2.28. The molecule has 1 aromatic heterocycles. The van der Waals surface area contributed by atoms with E-state index < -0.39 is 0 Å². The molecule has 0 radical (unpaired) electrons. The Kier molecular flexibility index (Phi) is 4.12. The Morgan fingerprint density at radius 3 is 3.06 bits per heavy atom. The number of piperidine rings is 1. The van der Waals surface area contributed by atoms with Gasteiger partial charge < -0.3 is 9.63 Å². The van der Waals surface area contributed by atoms with Gasteiger partial charge in [-0.15, -0.1) is 0 Å². The van der Waals surface area contributed by atoms with Crippen molar-refractivity contribution in [2.24, 2.45) is 5.92 Å². The van der Waals surface area contributed by atoms with Crippen LogP contribution >= 0.6 is 0 Å². The summed E-state index contributed by atoms with van der Waals surface area (Å²) in [6, 6.07) is 0. The van der Waals surface area contributed by atoms with Crippen LogP contribution < -0.4 is 0 Å². The maximum atomic E-state index is 9.57. The van der Waals surface area contributed by atoms with Crippen LogP contribution in [0.3, 0.4) is 0 Å². The van der Waals surface area contributed by atoms with E-state index in [1.807, 2.05) is 0 Å². The highest BCUT2D eigenvalue weighted by Gasteiger charge is 2.19. The summed E-state index contributed by atoms with van der Waals surface area (Å²) < 4.78 is 5.22. The zero-order valence-electron chi connectivity index (χ0n) is 10.6. The van der Waals surface area contributed by atoms with Gasteiger partial charge in [0.2, 0.25) is 5.89 Å². The van der Waals surface area contributed by atoms with Crippen molar-refractivity contribution in [3.8, 4) is 0 Å². The Hall–Kier alpha value is -0.940. The minimum Gasteiger partial charge on any atom is -0.392 e. The van der Waals surface area contributed by atoms with Crippen molar-refractivity contribution in [1.29, 1.82) is 0 Å². The third kappa shape index (κ3) is 3.78. The number of hydrogen-bond acceptors (Lipinski definition) is 5. The Bertz CT molecular complexity index is 351. The van der Waals surface area contributed by atoms with E-state index >= 15 is 0 Å². The fraction of sp³-hybridized carbons (Fsp3) is 0.833. The topological polar surface area (TPSA) is 62.4 Å². The molecule has 1 N–H and O–H groups in total. The van der Waals surface area contributed by atoms with Crippen LogP contribution in [0.15, 0.2) is 4.52 Å². The largest absolute Gasteiger partial charge is 0.392 e. The van der Waals surface area contributed by atoms with E-state index in [9.17, 15) is 5.11 Å². The van der Waals surface area contributed by atoms with E-state index in [-0.39, 0.29) is 6.10 Å². The number of β-amino-alcohol motifs (C(OH)–C–C–N with tert-alkyl or cyclic N) is 1. The summed E-state index contributed by atoms with van der Waals surface area (Å²) >= 11 is 0. The third-order valence-corrected chi connectivity index (χ3v) is 2.94. The van der Waals surface area contributed by atoms with Gasteiger partial charge in [0.15, 0.2) is 5.82 Å². The van der Waals surface area contributed by atoms with Crippen molar-refractivity contribution in [1.82, 2.24) is 15.0 Å². The zero-order chi connectivity index (χ0) is 12.3. The predicted molar refractivity (Wildman–Crippen MR) is 63.4 cm³/mol. The van der Waals surface area contributed by atoms with Crippen LogP contribution in [0.25, 0.3) is 0 Å². The standard InChI is InChI=1S/C12H21N3O2/c1-9(2)6-11-13-12(17-14-11)8-15-5-3-4-10(16)7-15/h9-10,16H,3-8H2,1-2H3/t10-/m0/s1. The second-order valence-electron chi connectivity index (χ2n) is 5.23. The van der Waals surface area contributed by atoms with Gasteiger partial charge >= 0.3 is 0 Å². The monoisotopic (exact) mass is 239 g/mol. The van der Waals surface area contributed by atoms with Gasteiger partial charge in [-0.2, -0.15) is 4.98 Å². The number of rotatable bonds is 4. The summed E-state index contributed by atoms with van der Waals surface area (Å²) in [4.78, 5) is 6.54. The smallest absolute Gasteiger partial charge is 0.240 e. The highest BCUT2D eigenvalue weighted by Crippen LogP contribution is 2.13. The van der Waals surface area contributed by atoms with Gasteiger partial charge in [0, 0.05) is 13.0 Å². The summed E-state index contributed by atoms with van der Waals surface area (Å²) in [5.41, 5.74) is 0. The van der Waals surface area contributed by atoms with E-state index in [1.165, 1.54) is 0 Å². The Labute approximate surface area is 102 Å². The molecule has 0 unspecified atom stereocenters. The third-order valence-electron chi connectivity index (χ3n) is 2.94. The van der Waals surface area contributed by atoms with E-state index in [1.54, 1.807) is 0 Å². The molecule has 2 heterocycles. The fourth-order valence-electron chi connectivity index (χ4n) is 2.17. The first-order valence-electron chi connectivity index (χ1n) is 6.35. The van der Waals surface area contributed by atoms with Crippen LogP contribution in [0.4, 0.5) is 0 Å². The molecule has 5 nitrogen and oxygen atoms in total. The molecule has 1 aliphatic heterocycles. The van der Waals surface area contributed by atoms with Crippen LogP contribution in [0.5, 0.6) is 0 Å². The lowest BCUT2D eigenvalue weighted by molar-refractivity contribution is 0.0613. The molecular formula is C12H21N3O2. The molecule has 0 aromatic carbocycles. The summed E-state index contributed by atoms with van der Waals surface area (Å²) in [5, 5.41) is 13.5. The van der Waals surface area contributed by atoms with Gasteiger partial charge in [0.1, 0.15) is 0 Å². The van der Waals surface area contributed by atoms with Crippen molar-refractivity contribution >= 4 is 0 Å². The maximum absolute atomic E-state index is 9.57. The van der Waals surface area contributed by atoms with Crippen LogP contribution in [-0.4, -0.2) is 39.3 Å². The molecule has 0 aliphatic carbocycles. The van der Waals surface area contributed by atoms with Crippen LogP contribution in [0.2, 0.25) is 0 Å². The summed E-state index contributed by atoms with van der Waals surface area (Å²) in [7, 11) is 0. The molecule has 1 aromatic rings. The summed E-state index contributed by atoms with van der Waals surface area (Å²) in [6.07, 6.45) is 2.58. The molecule has 0 bridgehead atoms. The first kappa shape index (κ1) is 12.5. The van der Waals surface area contributed by atoms with Gasteiger partial charge in [-0.05, 0) is 25.3 Å². The highest BCUT2D eigenvalue weighted by molar-refractivity contribution is 4.88. The second kappa shape index (κ2) is 5.60. The van der Waals surface area contributed by atoms with Gasteiger partial charge in [-0.25, -0.2) is 0 Å². The van der Waals surface area contributed by atoms with Crippen molar-refractivity contribution in [3.63, 3.8) is 0 Å². The molecule has 2 rings (SSSR count). The molecule has 1 saturated heterocycles. The number of hydrogen-bond donors (Lipinski definition) is 1. The Balaban J connectivity index is 1.87. The number of aliphatic hydroxyl groups is 1. The molecule has 0 spiro atoms. The first-order chi connectivity index (χ1) is 8.13. The van der Waals surface area contributed by atoms with Gasteiger partial charge in [-0.1, -0.05) is 19.0 Å². The van der Waals surface area contributed by atoms with Crippen LogP contribution in [-0.2, 0) is 13.0 Å². The van der Waals surface area contributed by atoms with Gasteiger partial charge in [-0.3, -0.25) is 4.90 Å². The molecule has 5 heteroatoms. The number of aliphatic hydroxyl groups excluding tert-OH is 1. The van der Waals surface area contributed by atoms with Crippen molar-refractivity contribution in [2.45, 2.75) is 45.8 Å². The predicted octanol–water partition coefficient (Wildman–Crippen LogP) is 1.22. The summed E-state index contributed by atoms with van der Waals surface area (Å²) in [6.45, 7) is 6.64. The number of likely N-dealkylation sites (tertiary alicyclic amines) is 1. The average molecular weight is 239 g/mol. The molecule has 1 aliphatic rings. The lowest BCUT2D eigenvalue weighted by Crippen LogP contribution is -2.37.